The molecule has 3 saturated heterocycles. The maximum atomic E-state index is 15.8. The molecule has 5 aromatic rings. The van der Waals surface area contributed by atoms with Crippen LogP contribution in [0.1, 0.15) is 106 Å². The molecule has 93 heavy (non-hydrogen) atoms. The number of carbonyl (C=O) groups excluding carboxylic acids is 7. The van der Waals surface area contributed by atoms with Gasteiger partial charge in [0.15, 0.2) is 0 Å². The van der Waals surface area contributed by atoms with Crippen LogP contribution < -0.4 is 26.2 Å². The number of piperazine rings is 1. The Hall–Kier alpha value is -8.84. The number of morpholine rings is 1. The first-order chi connectivity index (χ1) is 44.2. The third-order valence-corrected chi connectivity index (χ3v) is 18.4. The standard InChI is InChI=1S/C69H82F2N10O12/c1-41-34-78(52(37-79(41)66(88)89)36-77-27-30-92-39-42(77)2)38-58(82)81-40-69(7,54-23-15-45(32-57(54)81)31-44-13-17-49(70)18-14-44)65(87)73-51-21-19-50(20-22-51)72-62(84)47-16-24-55(71)56(33-47)74-63(85)60-53-12-10-9-11-48(53)35-80(60)64(86)59(46-25-28-91-29-26-46)75-61(83)43(3)76(8)67(90)93-68(4,5)6/h9-24,32-33,41-43,46,52,59-60H,25-31,34-40H2,1-8H3,(H,72,84)(H,73,87)(H,74,85)(H,75,83)(H,88,89)/t41?,42?,43?,52?,59?,60-,69?/m0/s1. The van der Waals surface area contributed by atoms with Gasteiger partial charge in [-0.25, -0.2) is 18.4 Å². The van der Waals surface area contributed by atoms with Gasteiger partial charge in [-0.1, -0.05) is 48.5 Å². The van der Waals surface area contributed by atoms with E-state index in [1.165, 1.54) is 48.0 Å². The lowest BCUT2D eigenvalue weighted by Crippen LogP contribution is -2.64. The minimum Gasteiger partial charge on any atom is -0.465 e. The van der Waals surface area contributed by atoms with Gasteiger partial charge in [-0.3, -0.25) is 43.5 Å². The lowest BCUT2D eigenvalue weighted by Gasteiger charge is -2.47. The number of amides is 8. The van der Waals surface area contributed by atoms with E-state index in [2.05, 4.69) is 33.1 Å². The second-order valence-corrected chi connectivity index (χ2v) is 26.2. The van der Waals surface area contributed by atoms with E-state index in [4.69, 9.17) is 14.2 Å². The monoisotopic (exact) mass is 1280 g/mol. The lowest BCUT2D eigenvalue weighted by atomic mass is 9.83. The Morgan fingerprint density at radius 2 is 1.47 bits per heavy atom. The van der Waals surface area contributed by atoms with Gasteiger partial charge >= 0.3 is 12.2 Å². The van der Waals surface area contributed by atoms with Crippen LogP contribution in [0.4, 0.5) is 41.1 Å². The van der Waals surface area contributed by atoms with Gasteiger partial charge in [0.05, 0.1) is 30.9 Å². The molecule has 5 aromatic carbocycles. The minimum absolute atomic E-state index is 0.00770. The van der Waals surface area contributed by atoms with E-state index in [0.717, 1.165) is 22.1 Å². The summed E-state index contributed by atoms with van der Waals surface area (Å²) in [4.78, 5) is 122. The molecule has 0 aromatic heterocycles. The average molecular weight is 1280 g/mol. The Bertz CT molecular complexity index is 3640. The van der Waals surface area contributed by atoms with E-state index in [1.807, 2.05) is 30.0 Å². The fourth-order valence-electron chi connectivity index (χ4n) is 12.9. The summed E-state index contributed by atoms with van der Waals surface area (Å²) in [5, 5.41) is 21.5. The normalized spacial score (nSPS) is 21.6. The van der Waals surface area contributed by atoms with Gasteiger partial charge in [0.2, 0.25) is 23.6 Å². The van der Waals surface area contributed by atoms with Crippen LogP contribution in [0.5, 0.6) is 0 Å². The SMILES string of the molecule is CC1COCCN1CC1CN(C(=O)O)C(C)CN1CC(=O)N1CC(C)(C(=O)Nc2ccc(NC(=O)c3ccc(F)c(NC(=O)[C@@H]4c5ccccc5CN4C(=O)C(NC(=O)C(C)N(C)C(=O)OC(C)(C)C)C4CCOCC4)c3)cc2)c2ccc(Cc3ccc(F)cc3)cc21. The van der Waals surface area contributed by atoms with Crippen LogP contribution in [0.15, 0.2) is 109 Å². The highest BCUT2D eigenvalue weighted by molar-refractivity contribution is 6.08. The van der Waals surface area contributed by atoms with Crippen molar-refractivity contribution >= 4 is 70.4 Å². The number of anilines is 4. The zero-order valence-electron chi connectivity index (χ0n) is 53.7. The molecule has 6 unspecified atom stereocenters. The van der Waals surface area contributed by atoms with E-state index < -0.39 is 88.6 Å². The molecule has 22 nitrogen and oxygen atoms in total. The van der Waals surface area contributed by atoms with Gasteiger partial charge in [-0.2, -0.15) is 0 Å². The van der Waals surface area contributed by atoms with Gasteiger partial charge in [0.1, 0.15) is 35.4 Å². The smallest absolute Gasteiger partial charge is 0.410 e. The molecule has 0 saturated carbocycles. The summed E-state index contributed by atoms with van der Waals surface area (Å²) in [6.45, 7) is 15.7. The molecule has 0 aliphatic carbocycles. The third kappa shape index (κ3) is 15.3. The molecule has 0 bridgehead atoms. The maximum Gasteiger partial charge on any atom is 0.410 e. The lowest BCUT2D eigenvalue weighted by molar-refractivity contribution is -0.144. The third-order valence-electron chi connectivity index (χ3n) is 18.4. The van der Waals surface area contributed by atoms with Crippen LogP contribution in [0, 0.1) is 17.6 Å². The number of fused-ring (bicyclic) bond motifs is 2. The molecular weight excluding hydrogens is 1200 g/mol. The van der Waals surface area contributed by atoms with Crippen molar-refractivity contribution in [1.82, 2.24) is 29.8 Å². The summed E-state index contributed by atoms with van der Waals surface area (Å²) in [5.41, 5.74) is 2.20. The number of nitrogens with zero attached hydrogens (tertiary/aromatic N) is 6. The van der Waals surface area contributed by atoms with E-state index >= 15 is 4.39 Å². The number of likely N-dealkylation sites (N-methyl/N-ethyl adjacent to an activating group) is 1. The Labute approximate surface area is 539 Å². The first-order valence-electron chi connectivity index (χ1n) is 31.5. The van der Waals surface area contributed by atoms with Crippen molar-refractivity contribution < 1.29 is 66.5 Å². The number of rotatable bonds is 17. The predicted octanol–water partition coefficient (Wildman–Crippen LogP) is 8.01. The van der Waals surface area contributed by atoms with E-state index in [-0.39, 0.29) is 61.2 Å². The maximum absolute atomic E-state index is 15.8. The summed E-state index contributed by atoms with van der Waals surface area (Å²) >= 11 is 0. The Balaban J connectivity index is 0.824. The van der Waals surface area contributed by atoms with Crippen molar-refractivity contribution in [2.24, 2.45) is 5.92 Å². The topological polar surface area (TPSA) is 252 Å². The first kappa shape index (κ1) is 67.1. The Morgan fingerprint density at radius 3 is 2.16 bits per heavy atom. The highest BCUT2D eigenvalue weighted by atomic mass is 19.1. The molecule has 0 radical (unpaired) electrons. The van der Waals surface area contributed by atoms with Crippen molar-refractivity contribution in [3.05, 3.63) is 154 Å². The Morgan fingerprint density at radius 1 is 0.785 bits per heavy atom. The zero-order valence-corrected chi connectivity index (χ0v) is 53.7. The number of ether oxygens (including phenoxy) is 3. The molecule has 494 valence electrons. The number of hydrogen-bond acceptors (Lipinski definition) is 13. The van der Waals surface area contributed by atoms with E-state index in [0.29, 0.717) is 99.1 Å². The second kappa shape index (κ2) is 28.2. The van der Waals surface area contributed by atoms with Gasteiger partial charge in [-0.05, 0) is 162 Å². The van der Waals surface area contributed by atoms with Gasteiger partial charge in [0.25, 0.3) is 11.8 Å². The van der Waals surface area contributed by atoms with Crippen molar-refractivity contribution in [2.45, 2.75) is 122 Å². The quantitative estimate of drug-likeness (QED) is 0.0592. The summed E-state index contributed by atoms with van der Waals surface area (Å²) in [7, 11) is 1.43. The van der Waals surface area contributed by atoms with Crippen LogP contribution in [0.3, 0.4) is 0 Å². The molecule has 5 aliphatic heterocycles. The molecule has 24 heteroatoms. The fraction of sp³-hybridized carbons (Fsp3) is 0.449. The summed E-state index contributed by atoms with van der Waals surface area (Å²) in [5.74, 6) is -4.92. The molecule has 10 rings (SSSR count). The number of carboxylic acid groups (broad SMARTS) is 1. The molecule has 5 N–H and O–H groups in total. The molecule has 5 heterocycles. The van der Waals surface area contributed by atoms with Gasteiger partial charge in [-0.15, -0.1) is 0 Å². The number of carbonyl (C=O) groups is 8. The van der Waals surface area contributed by atoms with Crippen LogP contribution in [0.25, 0.3) is 0 Å². The van der Waals surface area contributed by atoms with Crippen molar-refractivity contribution in [3.8, 4) is 0 Å². The minimum atomic E-state index is -1.28. The van der Waals surface area contributed by atoms with Gasteiger partial charge < -0.3 is 55.3 Å². The fourth-order valence-corrected chi connectivity index (χ4v) is 12.9. The number of nitrogens with one attached hydrogen (secondary N) is 4. The highest BCUT2D eigenvalue weighted by Gasteiger charge is 2.49. The second-order valence-electron chi connectivity index (χ2n) is 26.2. The zero-order chi connectivity index (χ0) is 66.6. The summed E-state index contributed by atoms with van der Waals surface area (Å²) in [6, 6.07) is 24.5. The van der Waals surface area contributed by atoms with E-state index in [9.17, 15) is 47.9 Å². The first-order valence-corrected chi connectivity index (χ1v) is 31.5. The average Bonchev–Trinajstić information content (AvgIpc) is 1.61. The Kier molecular flexibility index (Phi) is 20.3. The van der Waals surface area contributed by atoms with Crippen LogP contribution in [-0.2, 0) is 56.6 Å². The van der Waals surface area contributed by atoms with Gasteiger partial charge in [0, 0.05) is 100 Å². The van der Waals surface area contributed by atoms with Crippen LogP contribution >= 0.6 is 0 Å². The molecular formula is C69H82F2N10O12. The van der Waals surface area contributed by atoms with Crippen molar-refractivity contribution in [2.75, 3.05) is 93.6 Å². The largest absolute Gasteiger partial charge is 0.465 e. The van der Waals surface area contributed by atoms with Crippen LogP contribution in [0.2, 0.25) is 0 Å². The number of benzene rings is 5. The molecule has 8 amide bonds. The predicted molar refractivity (Wildman–Crippen MR) is 343 cm³/mol. The highest BCUT2D eigenvalue weighted by Crippen LogP contribution is 2.43. The summed E-state index contributed by atoms with van der Waals surface area (Å²) in [6.07, 6.45) is -0.489. The molecule has 7 atom stereocenters. The van der Waals surface area contributed by atoms with E-state index in [1.54, 1.807) is 93.3 Å². The molecule has 0 spiro atoms. The molecule has 5 aliphatic rings. The number of hydrogen-bond donors (Lipinski definition) is 5. The summed E-state index contributed by atoms with van der Waals surface area (Å²) < 4.78 is 46.5. The van der Waals surface area contributed by atoms with Crippen LogP contribution in [-0.4, -0.2) is 186 Å². The van der Waals surface area contributed by atoms with Crippen molar-refractivity contribution in [3.63, 3.8) is 0 Å². The number of halogens is 2. The van der Waals surface area contributed by atoms with Crippen molar-refractivity contribution in [1.29, 1.82) is 0 Å². The molecule has 3 fully saturated rings.